The number of carbonyl (C=O) groups excluding carboxylic acids is 1. The van der Waals surface area contributed by atoms with Crippen molar-refractivity contribution in [2.24, 2.45) is 5.92 Å². The lowest BCUT2D eigenvalue weighted by atomic mass is 9.97. The smallest absolute Gasteiger partial charge is 0.241 e. The number of hydrogen-bond acceptors (Lipinski definition) is 6. The third kappa shape index (κ3) is 6.02. The van der Waals surface area contributed by atoms with E-state index >= 15 is 0 Å². The van der Waals surface area contributed by atoms with Gasteiger partial charge in [-0.1, -0.05) is 28.9 Å². The van der Waals surface area contributed by atoms with Gasteiger partial charge in [-0.3, -0.25) is 9.69 Å². The van der Waals surface area contributed by atoms with Gasteiger partial charge >= 0.3 is 0 Å². The fraction of sp³-hybridized carbons (Fsp3) is 0.550. The predicted molar refractivity (Wildman–Crippen MR) is 109 cm³/mol. The van der Waals surface area contributed by atoms with E-state index in [1.165, 1.54) is 0 Å². The van der Waals surface area contributed by atoms with E-state index in [-0.39, 0.29) is 11.8 Å². The number of nitrogens with one attached hydrogen (secondary N) is 1. The number of amides is 1. The zero-order valence-electron chi connectivity index (χ0n) is 16.5. The summed E-state index contributed by atoms with van der Waals surface area (Å²) in [6, 6.07) is 7.39. The van der Waals surface area contributed by atoms with E-state index < -0.39 is 0 Å². The van der Waals surface area contributed by atoms with Gasteiger partial charge in [0.2, 0.25) is 17.6 Å². The average molecular weight is 406 g/mol. The summed E-state index contributed by atoms with van der Waals surface area (Å²) in [6.07, 6.45) is 2.88. The van der Waals surface area contributed by atoms with E-state index in [1.54, 1.807) is 0 Å². The van der Waals surface area contributed by atoms with Crippen molar-refractivity contribution in [1.82, 2.24) is 25.3 Å². The lowest BCUT2D eigenvalue weighted by Gasteiger charge is -2.30. The number of carbonyl (C=O) groups is 1. The molecule has 2 aromatic rings. The van der Waals surface area contributed by atoms with Gasteiger partial charge in [0.25, 0.3) is 0 Å². The molecule has 0 radical (unpaired) electrons. The normalized spacial score (nSPS) is 17.8. The number of halogens is 1. The Bertz CT molecular complexity index is 779. The largest absolute Gasteiger partial charge is 0.356 e. The van der Waals surface area contributed by atoms with Crippen LogP contribution in [0.2, 0.25) is 5.02 Å². The van der Waals surface area contributed by atoms with Crippen LogP contribution in [0.1, 0.15) is 25.2 Å². The number of aromatic nitrogens is 2. The zero-order chi connectivity index (χ0) is 19.9. The van der Waals surface area contributed by atoms with Gasteiger partial charge < -0.3 is 14.7 Å². The number of rotatable bonds is 8. The molecular weight excluding hydrogens is 378 g/mol. The van der Waals surface area contributed by atoms with Crippen molar-refractivity contribution in [2.75, 3.05) is 40.3 Å². The molecule has 1 aliphatic rings. The van der Waals surface area contributed by atoms with Gasteiger partial charge in [-0.2, -0.15) is 4.98 Å². The minimum atomic E-state index is 0.0171. The molecule has 1 N–H and O–H groups in total. The van der Waals surface area contributed by atoms with E-state index in [0.717, 1.165) is 44.5 Å². The molecule has 1 aliphatic heterocycles. The van der Waals surface area contributed by atoms with Gasteiger partial charge in [-0.15, -0.1) is 0 Å². The molecule has 1 atom stereocenters. The van der Waals surface area contributed by atoms with Crippen LogP contribution in [0, 0.1) is 5.92 Å². The molecule has 1 fully saturated rings. The molecule has 152 valence electrons. The first kappa shape index (κ1) is 20.8. The first-order valence-electron chi connectivity index (χ1n) is 9.74. The summed E-state index contributed by atoms with van der Waals surface area (Å²) in [6.45, 7) is 3.90. The Hall–Kier alpha value is -1.96. The Morgan fingerprint density at radius 1 is 1.43 bits per heavy atom. The molecule has 1 aromatic carbocycles. The summed E-state index contributed by atoms with van der Waals surface area (Å²) in [4.78, 5) is 21.3. The van der Waals surface area contributed by atoms with Gasteiger partial charge in [0, 0.05) is 23.7 Å². The van der Waals surface area contributed by atoms with E-state index in [0.29, 0.717) is 29.8 Å². The molecule has 2 heterocycles. The second-order valence-corrected chi connectivity index (χ2v) is 7.98. The maximum absolute atomic E-state index is 12.4. The highest BCUT2D eigenvalue weighted by molar-refractivity contribution is 6.30. The Morgan fingerprint density at radius 2 is 2.29 bits per heavy atom. The van der Waals surface area contributed by atoms with Crippen LogP contribution in [0.4, 0.5) is 0 Å². The van der Waals surface area contributed by atoms with E-state index in [9.17, 15) is 4.79 Å². The maximum Gasteiger partial charge on any atom is 0.241 e. The molecule has 8 heteroatoms. The van der Waals surface area contributed by atoms with Crippen molar-refractivity contribution in [3.05, 3.63) is 35.2 Å². The second-order valence-electron chi connectivity index (χ2n) is 7.54. The zero-order valence-corrected chi connectivity index (χ0v) is 17.3. The Balaban J connectivity index is 1.50. The highest BCUT2D eigenvalue weighted by Gasteiger charge is 2.26. The van der Waals surface area contributed by atoms with Gasteiger partial charge in [0.15, 0.2) is 0 Å². The molecule has 1 aromatic heterocycles. The summed E-state index contributed by atoms with van der Waals surface area (Å²) in [5.74, 6) is 1.25. The van der Waals surface area contributed by atoms with Gasteiger partial charge in [-0.25, -0.2) is 0 Å². The van der Waals surface area contributed by atoms with Crippen molar-refractivity contribution in [2.45, 2.75) is 25.8 Å². The van der Waals surface area contributed by atoms with Gasteiger partial charge in [0.05, 0.1) is 12.5 Å². The van der Waals surface area contributed by atoms with Crippen LogP contribution in [0.3, 0.4) is 0 Å². The van der Waals surface area contributed by atoms with Crippen LogP contribution in [0.15, 0.2) is 28.8 Å². The van der Waals surface area contributed by atoms with Crippen LogP contribution in [0.5, 0.6) is 0 Å². The SMILES string of the molecule is CN(C)CCCNC(=O)C1CCCN(Cc2nc(-c3cccc(Cl)c3)no2)C1. The van der Waals surface area contributed by atoms with Gasteiger partial charge in [0.1, 0.15) is 0 Å². The van der Waals surface area contributed by atoms with Crippen molar-refractivity contribution in [3.63, 3.8) is 0 Å². The van der Waals surface area contributed by atoms with Crippen LogP contribution >= 0.6 is 11.6 Å². The molecule has 0 aliphatic carbocycles. The van der Waals surface area contributed by atoms with Crippen molar-refractivity contribution in [1.29, 1.82) is 0 Å². The quantitative estimate of drug-likeness (QED) is 0.680. The third-order valence-corrected chi connectivity index (χ3v) is 5.10. The minimum Gasteiger partial charge on any atom is -0.356 e. The summed E-state index contributed by atoms with van der Waals surface area (Å²) in [5.41, 5.74) is 0.830. The number of benzene rings is 1. The molecule has 0 saturated carbocycles. The van der Waals surface area contributed by atoms with Crippen molar-refractivity contribution in [3.8, 4) is 11.4 Å². The molecule has 1 unspecified atom stereocenters. The molecule has 28 heavy (non-hydrogen) atoms. The van der Waals surface area contributed by atoms with E-state index in [4.69, 9.17) is 16.1 Å². The Morgan fingerprint density at radius 3 is 3.07 bits per heavy atom. The number of likely N-dealkylation sites (tertiary alicyclic amines) is 1. The fourth-order valence-corrected chi connectivity index (χ4v) is 3.61. The predicted octanol–water partition coefficient (Wildman–Crippen LogP) is 2.67. The van der Waals surface area contributed by atoms with E-state index in [2.05, 4.69) is 25.3 Å². The van der Waals surface area contributed by atoms with Crippen LogP contribution in [-0.4, -0.2) is 66.1 Å². The molecule has 3 rings (SSSR count). The summed E-state index contributed by atoms with van der Waals surface area (Å²) in [5, 5.41) is 7.76. The van der Waals surface area contributed by atoms with Gasteiger partial charge in [-0.05, 0) is 58.6 Å². The molecule has 0 spiro atoms. The molecular formula is C20H28ClN5O2. The van der Waals surface area contributed by atoms with Crippen LogP contribution in [-0.2, 0) is 11.3 Å². The summed E-state index contributed by atoms with van der Waals surface area (Å²) >= 11 is 6.03. The van der Waals surface area contributed by atoms with Crippen LogP contribution in [0.25, 0.3) is 11.4 Å². The highest BCUT2D eigenvalue weighted by Crippen LogP contribution is 2.22. The summed E-state index contributed by atoms with van der Waals surface area (Å²) in [7, 11) is 4.08. The summed E-state index contributed by atoms with van der Waals surface area (Å²) < 4.78 is 5.41. The topological polar surface area (TPSA) is 74.5 Å². The second kappa shape index (κ2) is 10.0. The molecule has 0 bridgehead atoms. The first-order chi connectivity index (χ1) is 13.5. The molecule has 7 nitrogen and oxygen atoms in total. The standard InChI is InChI=1S/C20H28ClN5O2/c1-25(2)10-5-9-22-20(27)16-7-4-11-26(13-16)14-18-23-19(24-28-18)15-6-3-8-17(21)12-15/h3,6,8,12,16H,4-5,7,9-11,13-14H2,1-2H3,(H,22,27). The number of hydrogen-bond donors (Lipinski definition) is 1. The van der Waals surface area contributed by atoms with E-state index in [1.807, 2.05) is 38.4 Å². The average Bonchev–Trinajstić information content (AvgIpc) is 3.13. The monoisotopic (exact) mass is 405 g/mol. The maximum atomic E-state index is 12.4. The highest BCUT2D eigenvalue weighted by atomic mass is 35.5. The van der Waals surface area contributed by atoms with Crippen molar-refractivity contribution >= 4 is 17.5 Å². The van der Waals surface area contributed by atoms with Crippen LogP contribution < -0.4 is 5.32 Å². The molecule has 1 amide bonds. The lowest BCUT2D eigenvalue weighted by molar-refractivity contribution is -0.126. The fourth-order valence-electron chi connectivity index (χ4n) is 3.42. The van der Waals surface area contributed by atoms with Crippen molar-refractivity contribution < 1.29 is 9.32 Å². The Kier molecular flexibility index (Phi) is 7.42. The third-order valence-electron chi connectivity index (χ3n) is 4.87. The lowest BCUT2D eigenvalue weighted by Crippen LogP contribution is -2.43. The first-order valence-corrected chi connectivity index (χ1v) is 10.1. The number of piperidine rings is 1. The minimum absolute atomic E-state index is 0.0171. The Labute approximate surface area is 171 Å². The molecule has 1 saturated heterocycles. The number of nitrogens with zero attached hydrogens (tertiary/aromatic N) is 4.